The lowest BCUT2D eigenvalue weighted by molar-refractivity contribution is 0.0639. The van der Waals surface area contributed by atoms with E-state index in [1.54, 1.807) is 41.9 Å². The van der Waals surface area contributed by atoms with E-state index in [0.717, 1.165) is 16.5 Å². The number of hydroxylamine groups is 1. The number of benzene rings is 3. The summed E-state index contributed by atoms with van der Waals surface area (Å²) in [6, 6.07) is 17.7. The van der Waals surface area contributed by atoms with Crippen LogP contribution >= 0.6 is 0 Å². The lowest BCUT2D eigenvalue weighted by atomic mass is 9.96. The van der Waals surface area contributed by atoms with Crippen LogP contribution in [0, 0.1) is 5.82 Å². The molecular weight excluding hydrogens is 375 g/mol. The molecular formula is C22H15FN2O4. The zero-order valence-corrected chi connectivity index (χ0v) is 15.1. The molecule has 0 radical (unpaired) electrons. The third-order valence-electron chi connectivity index (χ3n) is 4.80. The zero-order valence-electron chi connectivity index (χ0n) is 15.1. The van der Waals surface area contributed by atoms with Gasteiger partial charge in [-0.15, -0.1) is 0 Å². The first-order valence-corrected chi connectivity index (χ1v) is 8.78. The number of imide groups is 1. The van der Waals surface area contributed by atoms with E-state index in [-0.39, 0.29) is 23.2 Å². The first kappa shape index (κ1) is 18.5. The molecule has 6 nitrogen and oxygen atoms in total. The smallest absolute Gasteiger partial charge is 0.275 e. The molecule has 0 bridgehead atoms. The van der Waals surface area contributed by atoms with Gasteiger partial charge in [-0.1, -0.05) is 42.5 Å². The molecule has 144 valence electrons. The Morgan fingerprint density at radius 2 is 1.69 bits per heavy atom. The number of fused-ring (bicyclic) bond motifs is 1. The minimum absolute atomic E-state index is 0.0366. The van der Waals surface area contributed by atoms with E-state index in [1.165, 1.54) is 18.2 Å². The highest BCUT2D eigenvalue weighted by atomic mass is 19.1. The fourth-order valence-electron chi connectivity index (χ4n) is 3.42. The number of rotatable bonds is 4. The first-order valence-electron chi connectivity index (χ1n) is 8.78. The maximum Gasteiger partial charge on any atom is 0.275 e. The summed E-state index contributed by atoms with van der Waals surface area (Å²) < 4.78 is 14.0. The second kappa shape index (κ2) is 7.29. The van der Waals surface area contributed by atoms with Gasteiger partial charge in [0.05, 0.1) is 17.7 Å². The number of nitrogens with one attached hydrogen (secondary N) is 1. The summed E-state index contributed by atoms with van der Waals surface area (Å²) in [7, 11) is 0. The van der Waals surface area contributed by atoms with Gasteiger partial charge in [-0.05, 0) is 41.0 Å². The van der Waals surface area contributed by atoms with Gasteiger partial charge >= 0.3 is 0 Å². The first-order chi connectivity index (χ1) is 14.0. The normalized spacial score (nSPS) is 12.8. The van der Waals surface area contributed by atoms with Gasteiger partial charge in [0, 0.05) is 5.56 Å². The Balaban J connectivity index is 1.72. The van der Waals surface area contributed by atoms with Crippen LogP contribution in [0.15, 0.2) is 66.7 Å². The minimum atomic E-state index is -0.733. The molecule has 0 saturated heterocycles. The Kier molecular flexibility index (Phi) is 4.66. The summed E-state index contributed by atoms with van der Waals surface area (Å²) >= 11 is 0. The summed E-state index contributed by atoms with van der Waals surface area (Å²) in [6.45, 7) is -0.0767. The fraction of sp³-hybridized carbons (Fsp3) is 0.0455. The van der Waals surface area contributed by atoms with E-state index in [9.17, 15) is 18.8 Å². The van der Waals surface area contributed by atoms with E-state index in [4.69, 9.17) is 5.21 Å². The van der Waals surface area contributed by atoms with Crippen LogP contribution < -0.4 is 5.48 Å². The monoisotopic (exact) mass is 390 g/mol. The second-order valence-electron chi connectivity index (χ2n) is 6.55. The molecule has 0 aliphatic carbocycles. The highest BCUT2D eigenvalue weighted by molar-refractivity contribution is 6.21. The molecule has 0 saturated carbocycles. The Morgan fingerprint density at radius 1 is 0.931 bits per heavy atom. The van der Waals surface area contributed by atoms with Gasteiger partial charge in [-0.3, -0.25) is 24.5 Å². The number of amides is 3. The predicted molar refractivity (Wildman–Crippen MR) is 102 cm³/mol. The van der Waals surface area contributed by atoms with Crippen molar-refractivity contribution >= 4 is 17.7 Å². The molecule has 0 unspecified atom stereocenters. The summed E-state index contributed by atoms with van der Waals surface area (Å²) in [5, 5.41) is 9.02. The molecule has 1 aliphatic rings. The van der Waals surface area contributed by atoms with Gasteiger partial charge in [0.2, 0.25) is 0 Å². The average Bonchev–Trinajstić information content (AvgIpc) is 2.99. The number of hydrogen-bond donors (Lipinski definition) is 2. The van der Waals surface area contributed by atoms with Crippen LogP contribution in [0.2, 0.25) is 0 Å². The summed E-state index contributed by atoms with van der Waals surface area (Å²) in [4.78, 5) is 38.2. The van der Waals surface area contributed by atoms with Crippen LogP contribution in [-0.4, -0.2) is 27.8 Å². The zero-order chi connectivity index (χ0) is 20.5. The molecule has 7 heteroatoms. The van der Waals surface area contributed by atoms with Crippen LogP contribution in [0.5, 0.6) is 0 Å². The van der Waals surface area contributed by atoms with Crippen molar-refractivity contribution < 1.29 is 24.0 Å². The van der Waals surface area contributed by atoms with E-state index in [1.807, 2.05) is 6.07 Å². The molecule has 3 aromatic carbocycles. The lowest BCUT2D eigenvalue weighted by Crippen LogP contribution is -2.29. The molecule has 4 rings (SSSR count). The fourth-order valence-corrected chi connectivity index (χ4v) is 3.42. The highest BCUT2D eigenvalue weighted by Gasteiger charge is 2.37. The van der Waals surface area contributed by atoms with Crippen molar-refractivity contribution in [2.24, 2.45) is 0 Å². The lowest BCUT2D eigenvalue weighted by Gasteiger charge is -2.16. The summed E-state index contributed by atoms with van der Waals surface area (Å²) in [6.07, 6.45) is 0. The van der Waals surface area contributed by atoms with E-state index in [0.29, 0.717) is 11.1 Å². The Labute approximate surface area is 165 Å². The van der Waals surface area contributed by atoms with Gasteiger partial charge in [0.1, 0.15) is 5.82 Å². The predicted octanol–water partition coefficient (Wildman–Crippen LogP) is 3.41. The Hall–Kier alpha value is -3.84. The molecule has 0 aromatic heterocycles. The van der Waals surface area contributed by atoms with Gasteiger partial charge in [-0.2, -0.15) is 0 Å². The number of nitrogens with zero attached hydrogens (tertiary/aromatic N) is 1. The minimum Gasteiger partial charge on any atom is -0.288 e. The third-order valence-corrected chi connectivity index (χ3v) is 4.80. The van der Waals surface area contributed by atoms with Crippen molar-refractivity contribution in [2.45, 2.75) is 6.54 Å². The molecule has 1 heterocycles. The molecule has 1 aliphatic heterocycles. The third kappa shape index (κ3) is 3.17. The largest absolute Gasteiger partial charge is 0.288 e. The number of hydrogen-bond acceptors (Lipinski definition) is 4. The molecule has 0 spiro atoms. The van der Waals surface area contributed by atoms with Crippen molar-refractivity contribution in [3.8, 4) is 11.1 Å². The topological polar surface area (TPSA) is 86.7 Å². The van der Waals surface area contributed by atoms with Crippen molar-refractivity contribution in [3.05, 3.63) is 94.8 Å². The van der Waals surface area contributed by atoms with E-state index >= 15 is 0 Å². The Bertz CT molecular complexity index is 1140. The Morgan fingerprint density at radius 3 is 2.38 bits per heavy atom. The molecule has 0 atom stereocenters. The summed E-state index contributed by atoms with van der Waals surface area (Å²) in [5.74, 6) is -2.68. The second-order valence-corrected chi connectivity index (χ2v) is 6.55. The van der Waals surface area contributed by atoms with E-state index < -0.39 is 23.5 Å². The van der Waals surface area contributed by atoms with Crippen LogP contribution in [0.4, 0.5) is 4.39 Å². The van der Waals surface area contributed by atoms with Gasteiger partial charge in [0.15, 0.2) is 0 Å². The standard InChI is InChI=1S/C22H15FN2O4/c23-18-8-4-7-16-19(18)22(28)25(21(16)27)12-13-9-10-15(20(26)24-29)17(11-13)14-5-2-1-3-6-14/h1-11,29H,12H2,(H,24,26). The molecule has 0 fully saturated rings. The van der Waals surface area contributed by atoms with Crippen LogP contribution in [0.3, 0.4) is 0 Å². The number of halogens is 1. The van der Waals surface area contributed by atoms with Gasteiger partial charge in [0.25, 0.3) is 17.7 Å². The van der Waals surface area contributed by atoms with Gasteiger partial charge in [-0.25, -0.2) is 9.87 Å². The average molecular weight is 390 g/mol. The summed E-state index contributed by atoms with van der Waals surface area (Å²) in [5.41, 5.74) is 3.49. The van der Waals surface area contributed by atoms with Crippen molar-refractivity contribution in [2.75, 3.05) is 0 Å². The molecule has 2 N–H and O–H groups in total. The number of carbonyl (C=O) groups is 3. The molecule has 3 amide bonds. The molecule has 29 heavy (non-hydrogen) atoms. The maximum atomic E-state index is 14.0. The van der Waals surface area contributed by atoms with Crippen LogP contribution in [0.1, 0.15) is 36.6 Å². The van der Waals surface area contributed by atoms with Crippen LogP contribution in [0.25, 0.3) is 11.1 Å². The van der Waals surface area contributed by atoms with Crippen molar-refractivity contribution in [1.82, 2.24) is 10.4 Å². The SMILES string of the molecule is O=C(NO)c1ccc(CN2C(=O)c3cccc(F)c3C2=O)cc1-c1ccccc1. The quantitative estimate of drug-likeness (QED) is 0.406. The van der Waals surface area contributed by atoms with E-state index in [2.05, 4.69) is 0 Å². The molecule has 3 aromatic rings. The van der Waals surface area contributed by atoms with Crippen LogP contribution in [-0.2, 0) is 6.54 Å². The van der Waals surface area contributed by atoms with Crippen molar-refractivity contribution in [3.63, 3.8) is 0 Å². The van der Waals surface area contributed by atoms with Gasteiger partial charge < -0.3 is 0 Å². The van der Waals surface area contributed by atoms with Crippen molar-refractivity contribution in [1.29, 1.82) is 0 Å². The maximum absolute atomic E-state index is 14.0. The highest BCUT2D eigenvalue weighted by Crippen LogP contribution is 2.29. The number of carbonyl (C=O) groups excluding carboxylic acids is 3.